The van der Waals surface area contributed by atoms with Gasteiger partial charge in [-0.2, -0.15) is 0 Å². The Balaban J connectivity index is 1.60. The minimum atomic E-state index is 0.124. The molecule has 2 rings (SSSR count). The van der Waals surface area contributed by atoms with Crippen molar-refractivity contribution < 1.29 is 4.79 Å². The zero-order valence-electron chi connectivity index (χ0n) is 14.9. The average Bonchev–Trinajstić information content (AvgIpc) is 3.16. The topological polar surface area (TPSA) is 78.4 Å². The Labute approximate surface area is 148 Å². The molecule has 0 aliphatic heterocycles. The number of guanidine groups is 1. The summed E-state index contributed by atoms with van der Waals surface area (Å²) in [5.41, 5.74) is 1.12. The molecule has 6 nitrogen and oxygen atoms in total. The van der Waals surface area contributed by atoms with E-state index in [0.29, 0.717) is 19.0 Å². The highest BCUT2D eigenvalue weighted by molar-refractivity contribution is 7.11. The molecule has 1 heterocycles. The van der Waals surface area contributed by atoms with Crippen LogP contribution in [-0.4, -0.2) is 43.0 Å². The lowest BCUT2D eigenvalue weighted by Gasteiger charge is -2.13. The van der Waals surface area contributed by atoms with E-state index in [0.717, 1.165) is 42.5 Å². The van der Waals surface area contributed by atoms with Gasteiger partial charge in [0, 0.05) is 43.9 Å². The number of nitrogens with zero attached hydrogens (tertiary/aromatic N) is 2. The standard InChI is InChI=1S/C17H29N5OS/c1-12-13(2)24-16(21-12)9-11-20-17(18-3)19-10-8-15(23)22-14-6-4-5-7-14/h14H,4-11H2,1-3H3,(H,22,23)(H2,18,19,20). The third kappa shape index (κ3) is 6.11. The Kier molecular flexibility index (Phi) is 7.49. The highest BCUT2D eigenvalue weighted by Gasteiger charge is 2.16. The molecular weight excluding hydrogens is 322 g/mol. The Bertz CT molecular complexity index is 544. The van der Waals surface area contributed by atoms with Crippen molar-refractivity contribution in [2.75, 3.05) is 20.1 Å². The molecule has 0 radical (unpaired) electrons. The van der Waals surface area contributed by atoms with Crippen LogP contribution in [0, 0.1) is 13.8 Å². The molecule has 1 amide bonds. The van der Waals surface area contributed by atoms with Crippen LogP contribution in [0.3, 0.4) is 0 Å². The number of aryl methyl sites for hydroxylation is 2. The van der Waals surface area contributed by atoms with Gasteiger partial charge in [0.1, 0.15) is 0 Å². The molecule has 0 bridgehead atoms. The number of rotatable bonds is 7. The number of hydrogen-bond acceptors (Lipinski definition) is 4. The van der Waals surface area contributed by atoms with Crippen LogP contribution < -0.4 is 16.0 Å². The Morgan fingerprint density at radius 2 is 1.96 bits per heavy atom. The smallest absolute Gasteiger partial charge is 0.221 e. The van der Waals surface area contributed by atoms with Crippen molar-refractivity contribution in [1.29, 1.82) is 0 Å². The van der Waals surface area contributed by atoms with E-state index in [-0.39, 0.29) is 5.91 Å². The molecule has 134 valence electrons. The van der Waals surface area contributed by atoms with E-state index in [1.807, 2.05) is 6.92 Å². The molecule has 0 unspecified atom stereocenters. The fourth-order valence-corrected chi connectivity index (χ4v) is 3.75. The van der Waals surface area contributed by atoms with Crippen LogP contribution in [-0.2, 0) is 11.2 Å². The third-order valence-electron chi connectivity index (χ3n) is 4.29. The van der Waals surface area contributed by atoms with Gasteiger partial charge in [0.05, 0.1) is 10.7 Å². The van der Waals surface area contributed by atoms with Gasteiger partial charge in [-0.3, -0.25) is 9.79 Å². The first-order valence-electron chi connectivity index (χ1n) is 8.75. The molecule has 24 heavy (non-hydrogen) atoms. The number of carbonyl (C=O) groups excluding carboxylic acids is 1. The van der Waals surface area contributed by atoms with Gasteiger partial charge >= 0.3 is 0 Å². The summed E-state index contributed by atoms with van der Waals surface area (Å²) in [4.78, 5) is 21.9. The van der Waals surface area contributed by atoms with Gasteiger partial charge in [-0.15, -0.1) is 11.3 Å². The van der Waals surface area contributed by atoms with E-state index < -0.39 is 0 Å². The summed E-state index contributed by atoms with van der Waals surface area (Å²) in [5, 5.41) is 10.7. The minimum absolute atomic E-state index is 0.124. The number of aliphatic imine (C=N–C) groups is 1. The lowest BCUT2D eigenvalue weighted by atomic mass is 10.2. The molecule has 1 fully saturated rings. The van der Waals surface area contributed by atoms with Gasteiger partial charge in [-0.1, -0.05) is 12.8 Å². The van der Waals surface area contributed by atoms with Gasteiger partial charge in [0.2, 0.25) is 5.91 Å². The predicted octanol–water partition coefficient (Wildman–Crippen LogP) is 1.92. The van der Waals surface area contributed by atoms with E-state index in [2.05, 4.69) is 32.9 Å². The maximum atomic E-state index is 11.9. The molecule has 0 spiro atoms. The molecule has 1 aromatic rings. The fraction of sp³-hybridized carbons (Fsp3) is 0.706. The van der Waals surface area contributed by atoms with Crippen LogP contribution in [0.2, 0.25) is 0 Å². The van der Waals surface area contributed by atoms with Crippen LogP contribution in [0.1, 0.15) is 47.7 Å². The number of amides is 1. The first-order chi connectivity index (χ1) is 11.6. The maximum absolute atomic E-state index is 11.9. The van der Waals surface area contributed by atoms with Crippen LogP contribution in [0.4, 0.5) is 0 Å². The van der Waals surface area contributed by atoms with Gasteiger partial charge in [-0.05, 0) is 26.7 Å². The zero-order valence-corrected chi connectivity index (χ0v) is 15.8. The Morgan fingerprint density at radius 1 is 1.25 bits per heavy atom. The second-order valence-corrected chi connectivity index (χ2v) is 7.51. The van der Waals surface area contributed by atoms with Gasteiger partial charge in [0.25, 0.3) is 0 Å². The van der Waals surface area contributed by atoms with Crippen LogP contribution in [0.25, 0.3) is 0 Å². The molecule has 0 aromatic carbocycles. The van der Waals surface area contributed by atoms with E-state index in [1.54, 1.807) is 18.4 Å². The quantitative estimate of drug-likeness (QED) is 0.518. The average molecular weight is 352 g/mol. The molecule has 1 aromatic heterocycles. The largest absolute Gasteiger partial charge is 0.356 e. The molecule has 1 saturated carbocycles. The highest BCUT2D eigenvalue weighted by Crippen LogP contribution is 2.17. The summed E-state index contributed by atoms with van der Waals surface area (Å²) in [6, 6.07) is 0.389. The van der Waals surface area contributed by atoms with E-state index in [9.17, 15) is 4.79 Å². The summed E-state index contributed by atoms with van der Waals surface area (Å²) in [6.07, 6.45) is 6.07. The summed E-state index contributed by atoms with van der Waals surface area (Å²) >= 11 is 1.75. The van der Waals surface area contributed by atoms with Crippen LogP contribution >= 0.6 is 11.3 Å². The number of nitrogens with one attached hydrogen (secondary N) is 3. The third-order valence-corrected chi connectivity index (χ3v) is 5.43. The van der Waals surface area contributed by atoms with Crippen molar-refractivity contribution in [3.8, 4) is 0 Å². The number of hydrogen-bond donors (Lipinski definition) is 3. The summed E-state index contributed by atoms with van der Waals surface area (Å²) in [5.74, 6) is 0.854. The van der Waals surface area contributed by atoms with Crippen molar-refractivity contribution in [2.24, 2.45) is 4.99 Å². The van der Waals surface area contributed by atoms with Gasteiger partial charge in [0.15, 0.2) is 5.96 Å². The molecule has 1 aliphatic carbocycles. The minimum Gasteiger partial charge on any atom is -0.356 e. The summed E-state index contributed by atoms with van der Waals surface area (Å²) in [6.45, 7) is 5.51. The first kappa shape index (κ1) is 18.7. The monoisotopic (exact) mass is 351 g/mol. The van der Waals surface area contributed by atoms with Crippen LogP contribution in [0.5, 0.6) is 0 Å². The number of aromatic nitrogens is 1. The molecule has 1 aliphatic rings. The zero-order chi connectivity index (χ0) is 17.4. The Morgan fingerprint density at radius 3 is 2.58 bits per heavy atom. The Hall–Kier alpha value is -1.63. The number of carbonyl (C=O) groups is 1. The normalized spacial score (nSPS) is 15.5. The fourth-order valence-electron chi connectivity index (χ4n) is 2.82. The van der Waals surface area contributed by atoms with Crippen molar-refractivity contribution in [1.82, 2.24) is 20.9 Å². The molecule has 3 N–H and O–H groups in total. The van der Waals surface area contributed by atoms with E-state index >= 15 is 0 Å². The highest BCUT2D eigenvalue weighted by atomic mass is 32.1. The van der Waals surface area contributed by atoms with Gasteiger partial charge in [-0.25, -0.2) is 4.98 Å². The second kappa shape index (κ2) is 9.61. The van der Waals surface area contributed by atoms with Crippen LogP contribution in [0.15, 0.2) is 4.99 Å². The van der Waals surface area contributed by atoms with Crippen molar-refractivity contribution >= 4 is 23.2 Å². The SMILES string of the molecule is CN=C(NCCC(=O)NC1CCCC1)NCCc1nc(C)c(C)s1. The van der Waals surface area contributed by atoms with Crippen molar-refractivity contribution in [2.45, 2.75) is 58.4 Å². The molecule has 0 saturated heterocycles. The summed E-state index contributed by atoms with van der Waals surface area (Å²) < 4.78 is 0. The maximum Gasteiger partial charge on any atom is 0.221 e. The predicted molar refractivity (Wildman–Crippen MR) is 99.7 cm³/mol. The first-order valence-corrected chi connectivity index (χ1v) is 9.57. The van der Waals surface area contributed by atoms with E-state index in [1.165, 1.54) is 17.7 Å². The number of thiazole rings is 1. The van der Waals surface area contributed by atoms with Gasteiger partial charge < -0.3 is 16.0 Å². The molecular formula is C17H29N5OS. The lowest BCUT2D eigenvalue weighted by molar-refractivity contribution is -0.121. The van der Waals surface area contributed by atoms with Crippen molar-refractivity contribution in [3.05, 3.63) is 15.6 Å². The van der Waals surface area contributed by atoms with E-state index in [4.69, 9.17) is 0 Å². The molecule has 0 atom stereocenters. The van der Waals surface area contributed by atoms with Crippen molar-refractivity contribution in [3.63, 3.8) is 0 Å². The summed E-state index contributed by atoms with van der Waals surface area (Å²) in [7, 11) is 1.74. The lowest BCUT2D eigenvalue weighted by Crippen LogP contribution is -2.41. The molecule has 7 heteroatoms. The second-order valence-electron chi connectivity index (χ2n) is 6.22.